The number of amides is 1. The van der Waals surface area contributed by atoms with Crippen LogP contribution in [0.5, 0.6) is 5.75 Å². The first kappa shape index (κ1) is 17.5. The van der Waals surface area contributed by atoms with Crippen LogP contribution in [0.3, 0.4) is 0 Å². The second-order valence-electron chi connectivity index (χ2n) is 6.56. The van der Waals surface area contributed by atoms with Crippen LogP contribution in [0.2, 0.25) is 0 Å². The van der Waals surface area contributed by atoms with Gasteiger partial charge in [0.25, 0.3) is 0 Å². The number of carbonyl (C=O) groups is 1. The molecule has 132 valence electrons. The highest BCUT2D eigenvalue weighted by molar-refractivity contribution is 5.76. The van der Waals surface area contributed by atoms with E-state index in [9.17, 15) is 4.79 Å². The van der Waals surface area contributed by atoms with Crippen molar-refractivity contribution < 1.29 is 9.53 Å². The summed E-state index contributed by atoms with van der Waals surface area (Å²) in [5.74, 6) is 1.12. The maximum Gasteiger partial charge on any atom is 0.223 e. The molecular formula is C21H26N2O2. The van der Waals surface area contributed by atoms with E-state index in [4.69, 9.17) is 4.74 Å². The van der Waals surface area contributed by atoms with Crippen LogP contribution in [0.4, 0.5) is 0 Å². The fraction of sp³-hybridized carbons (Fsp3) is 0.381. The first-order valence-electron chi connectivity index (χ1n) is 8.84. The van der Waals surface area contributed by atoms with E-state index in [1.54, 1.807) is 7.11 Å². The van der Waals surface area contributed by atoms with Gasteiger partial charge < -0.3 is 9.64 Å². The molecule has 1 aliphatic rings. The lowest BCUT2D eigenvalue weighted by atomic mass is 10.0. The summed E-state index contributed by atoms with van der Waals surface area (Å²) in [6.07, 6.45) is 1.36. The number of hydrogen-bond acceptors (Lipinski definition) is 3. The molecule has 0 aromatic heterocycles. The topological polar surface area (TPSA) is 32.8 Å². The molecule has 0 saturated carbocycles. The third-order valence-electron chi connectivity index (χ3n) is 4.97. The Morgan fingerprint density at radius 2 is 1.80 bits per heavy atom. The predicted molar refractivity (Wildman–Crippen MR) is 99.7 cm³/mol. The summed E-state index contributed by atoms with van der Waals surface area (Å²) in [5.41, 5.74) is 2.36. The zero-order chi connectivity index (χ0) is 17.6. The van der Waals surface area contributed by atoms with Crippen molar-refractivity contribution in [3.8, 4) is 5.75 Å². The number of carbonyl (C=O) groups excluding carboxylic acids is 1. The fourth-order valence-corrected chi connectivity index (χ4v) is 3.43. The highest BCUT2D eigenvalue weighted by Crippen LogP contribution is 2.31. The molecule has 1 amide bonds. The summed E-state index contributed by atoms with van der Waals surface area (Å²) < 4.78 is 5.52. The van der Waals surface area contributed by atoms with E-state index in [1.807, 2.05) is 41.3 Å². The Bertz CT molecular complexity index is 702. The van der Waals surface area contributed by atoms with Gasteiger partial charge in [0.1, 0.15) is 5.75 Å². The molecule has 1 saturated heterocycles. The Kier molecular flexibility index (Phi) is 5.71. The number of nitrogens with zero attached hydrogens (tertiary/aromatic N) is 2. The van der Waals surface area contributed by atoms with E-state index in [1.165, 1.54) is 5.56 Å². The van der Waals surface area contributed by atoms with Crippen molar-refractivity contribution >= 4 is 5.91 Å². The van der Waals surface area contributed by atoms with Crippen molar-refractivity contribution in [1.29, 1.82) is 0 Å². The molecule has 1 unspecified atom stereocenters. The highest BCUT2D eigenvalue weighted by Gasteiger charge is 2.29. The Hall–Kier alpha value is -2.33. The summed E-state index contributed by atoms with van der Waals surface area (Å²) in [6, 6.07) is 18.5. The van der Waals surface area contributed by atoms with Crippen LogP contribution in [0, 0.1) is 0 Å². The second kappa shape index (κ2) is 8.17. The molecule has 0 bridgehead atoms. The lowest BCUT2D eigenvalue weighted by molar-refractivity contribution is -0.134. The number of benzene rings is 2. The average molecular weight is 338 g/mol. The molecule has 4 nitrogen and oxygen atoms in total. The normalized spacial score (nSPS) is 18.2. The molecule has 0 radical (unpaired) electrons. The Morgan fingerprint density at radius 1 is 1.08 bits per heavy atom. The molecule has 2 aromatic rings. The molecule has 1 aliphatic heterocycles. The molecule has 3 rings (SSSR count). The predicted octanol–water partition coefficient (Wildman–Crippen LogP) is 3.14. The first-order chi connectivity index (χ1) is 12.2. The van der Waals surface area contributed by atoms with E-state index < -0.39 is 0 Å². The van der Waals surface area contributed by atoms with Gasteiger partial charge in [-0.05, 0) is 25.1 Å². The minimum absolute atomic E-state index is 0.172. The van der Waals surface area contributed by atoms with Crippen LogP contribution >= 0.6 is 0 Å². The first-order valence-corrected chi connectivity index (χ1v) is 8.84. The van der Waals surface area contributed by atoms with Crippen LogP contribution < -0.4 is 4.74 Å². The molecule has 1 fully saturated rings. The average Bonchev–Trinajstić information content (AvgIpc) is 2.67. The Morgan fingerprint density at radius 3 is 2.56 bits per heavy atom. The number of para-hydroxylation sites is 1. The van der Waals surface area contributed by atoms with E-state index in [0.717, 1.165) is 30.8 Å². The third kappa shape index (κ3) is 4.20. The molecule has 25 heavy (non-hydrogen) atoms. The zero-order valence-electron chi connectivity index (χ0n) is 15.0. The fourth-order valence-electron chi connectivity index (χ4n) is 3.43. The molecule has 0 spiro atoms. The van der Waals surface area contributed by atoms with Gasteiger partial charge >= 0.3 is 0 Å². The van der Waals surface area contributed by atoms with Gasteiger partial charge in [-0.3, -0.25) is 9.69 Å². The van der Waals surface area contributed by atoms with Gasteiger partial charge in [0.2, 0.25) is 5.91 Å². The number of aryl methyl sites for hydroxylation is 1. The Labute approximate surface area is 150 Å². The number of piperazine rings is 1. The number of likely N-dealkylation sites (N-methyl/N-ethyl adjacent to an activating group) is 1. The minimum Gasteiger partial charge on any atom is -0.496 e. The van der Waals surface area contributed by atoms with E-state index in [0.29, 0.717) is 13.0 Å². The van der Waals surface area contributed by atoms with Gasteiger partial charge in [-0.2, -0.15) is 0 Å². The molecule has 4 heteroatoms. The molecule has 0 aliphatic carbocycles. The molecular weight excluding hydrogens is 312 g/mol. The number of methoxy groups -OCH3 is 1. The van der Waals surface area contributed by atoms with Crippen LogP contribution in [-0.2, 0) is 11.2 Å². The van der Waals surface area contributed by atoms with E-state index in [-0.39, 0.29) is 11.9 Å². The molecule has 1 heterocycles. The summed E-state index contributed by atoms with van der Waals surface area (Å²) >= 11 is 0. The van der Waals surface area contributed by atoms with Crippen molar-refractivity contribution in [2.75, 3.05) is 33.8 Å². The maximum atomic E-state index is 12.7. The van der Waals surface area contributed by atoms with Crippen LogP contribution in [0.25, 0.3) is 0 Å². The van der Waals surface area contributed by atoms with Crippen molar-refractivity contribution in [1.82, 2.24) is 9.80 Å². The van der Waals surface area contributed by atoms with Crippen molar-refractivity contribution in [2.24, 2.45) is 0 Å². The number of hydrogen-bond donors (Lipinski definition) is 0. The number of ether oxygens (including phenoxy) is 1. The third-order valence-corrected chi connectivity index (χ3v) is 4.97. The molecule has 1 atom stereocenters. The minimum atomic E-state index is 0.172. The standard InChI is InChI=1S/C21H26N2O2/c1-22-14-15-23(21(24)13-12-17-8-4-3-5-9-17)16-19(22)18-10-6-7-11-20(18)25-2/h3-11,19H,12-16H2,1-2H3. The van der Waals surface area contributed by atoms with Crippen molar-refractivity contribution in [2.45, 2.75) is 18.9 Å². The van der Waals surface area contributed by atoms with Gasteiger partial charge in [-0.15, -0.1) is 0 Å². The monoisotopic (exact) mass is 338 g/mol. The number of rotatable bonds is 5. The summed E-state index contributed by atoms with van der Waals surface area (Å²) in [4.78, 5) is 17.0. The van der Waals surface area contributed by atoms with Crippen LogP contribution in [-0.4, -0.2) is 49.5 Å². The second-order valence-corrected chi connectivity index (χ2v) is 6.56. The largest absolute Gasteiger partial charge is 0.496 e. The van der Waals surface area contributed by atoms with Gasteiger partial charge in [-0.25, -0.2) is 0 Å². The highest BCUT2D eigenvalue weighted by atomic mass is 16.5. The van der Waals surface area contributed by atoms with E-state index >= 15 is 0 Å². The molecule has 0 N–H and O–H groups in total. The maximum absolute atomic E-state index is 12.7. The van der Waals surface area contributed by atoms with E-state index in [2.05, 4.69) is 30.1 Å². The lowest BCUT2D eigenvalue weighted by Crippen LogP contribution is -2.49. The lowest BCUT2D eigenvalue weighted by Gasteiger charge is -2.40. The van der Waals surface area contributed by atoms with Crippen LogP contribution in [0.15, 0.2) is 54.6 Å². The zero-order valence-corrected chi connectivity index (χ0v) is 15.0. The van der Waals surface area contributed by atoms with Crippen molar-refractivity contribution in [3.05, 3.63) is 65.7 Å². The van der Waals surface area contributed by atoms with Crippen molar-refractivity contribution in [3.63, 3.8) is 0 Å². The smallest absolute Gasteiger partial charge is 0.223 e. The van der Waals surface area contributed by atoms with Gasteiger partial charge in [0.15, 0.2) is 0 Å². The van der Waals surface area contributed by atoms with Gasteiger partial charge in [0, 0.05) is 31.6 Å². The van der Waals surface area contributed by atoms with Gasteiger partial charge in [-0.1, -0.05) is 48.5 Å². The molecule has 2 aromatic carbocycles. The quantitative estimate of drug-likeness (QED) is 0.840. The van der Waals surface area contributed by atoms with Gasteiger partial charge in [0.05, 0.1) is 13.2 Å². The summed E-state index contributed by atoms with van der Waals surface area (Å²) in [7, 11) is 3.81. The Balaban J connectivity index is 1.66. The van der Waals surface area contributed by atoms with Crippen LogP contribution in [0.1, 0.15) is 23.6 Å². The SMILES string of the molecule is COc1ccccc1C1CN(C(=O)CCc2ccccc2)CCN1C. The summed E-state index contributed by atoms with van der Waals surface area (Å²) in [6.45, 7) is 2.38. The summed E-state index contributed by atoms with van der Waals surface area (Å²) in [5, 5.41) is 0.